The average molecular weight is 397 g/mol. The number of nitrogens with zero attached hydrogens (tertiary/aromatic N) is 1. The minimum atomic E-state index is -4.77. The smallest absolute Gasteiger partial charge is 0.416 e. The highest BCUT2D eigenvalue weighted by atomic mass is 19.4. The highest BCUT2D eigenvalue weighted by Gasteiger charge is 2.53. The molecule has 0 aromatic heterocycles. The highest BCUT2D eigenvalue weighted by Crippen LogP contribution is 2.52. The van der Waals surface area contributed by atoms with Crippen LogP contribution in [0.2, 0.25) is 0 Å². The van der Waals surface area contributed by atoms with Gasteiger partial charge in [0.15, 0.2) is 0 Å². The zero-order chi connectivity index (χ0) is 21.4. The maximum Gasteiger partial charge on any atom is 0.416 e. The van der Waals surface area contributed by atoms with Crippen LogP contribution in [-0.2, 0) is 21.2 Å². The normalized spacial score (nSPS) is 17.2. The Balaban J connectivity index is 3.10. The van der Waals surface area contributed by atoms with Gasteiger partial charge >= 0.3 is 18.1 Å². The fourth-order valence-electron chi connectivity index (χ4n) is 4.33. The van der Waals surface area contributed by atoms with Gasteiger partial charge in [0.2, 0.25) is 0 Å². The van der Waals surface area contributed by atoms with Crippen LogP contribution in [0.3, 0.4) is 0 Å². The number of allylic oxidation sites excluding steroid dienone is 2. The average Bonchev–Trinajstić information content (AvgIpc) is 2.59. The lowest BCUT2D eigenvalue weighted by Gasteiger charge is -2.45. The van der Waals surface area contributed by atoms with Crippen LogP contribution in [0.15, 0.2) is 46.8 Å². The van der Waals surface area contributed by atoms with E-state index in [4.69, 9.17) is 0 Å². The Morgan fingerprint density at radius 2 is 1.46 bits per heavy atom. The Labute approximate surface area is 160 Å². The molecule has 0 saturated carbocycles. The third kappa shape index (κ3) is 3.06. The molecule has 1 aliphatic heterocycles. The van der Waals surface area contributed by atoms with E-state index in [9.17, 15) is 33.0 Å². The lowest BCUT2D eigenvalue weighted by molar-refractivity contribution is -0.140. The molecule has 0 atom stereocenters. The monoisotopic (exact) mass is 397 g/mol. The molecule has 0 fully saturated rings. The van der Waals surface area contributed by atoms with Crippen LogP contribution in [0.5, 0.6) is 0 Å². The summed E-state index contributed by atoms with van der Waals surface area (Å²) in [6.45, 7) is 6.49. The van der Waals surface area contributed by atoms with Crippen molar-refractivity contribution in [3.63, 3.8) is 0 Å². The molecular formula is C20H22F3NO4. The summed E-state index contributed by atoms with van der Waals surface area (Å²) < 4.78 is 41.3. The number of aliphatic carboxylic acids is 2. The molecule has 5 nitrogen and oxygen atoms in total. The molecule has 8 heteroatoms. The summed E-state index contributed by atoms with van der Waals surface area (Å²) in [4.78, 5) is 26.0. The topological polar surface area (TPSA) is 77.8 Å². The molecule has 28 heavy (non-hydrogen) atoms. The summed E-state index contributed by atoms with van der Waals surface area (Å²) in [5.74, 6) is -2.89. The van der Waals surface area contributed by atoms with Gasteiger partial charge in [-0.15, -0.1) is 0 Å². The first-order chi connectivity index (χ1) is 12.9. The van der Waals surface area contributed by atoms with E-state index in [1.807, 2.05) is 0 Å². The van der Waals surface area contributed by atoms with Gasteiger partial charge in [0.25, 0.3) is 0 Å². The lowest BCUT2D eigenvalue weighted by atomic mass is 9.62. The Kier molecular flexibility index (Phi) is 5.64. The van der Waals surface area contributed by atoms with Crippen molar-refractivity contribution in [1.82, 2.24) is 4.90 Å². The van der Waals surface area contributed by atoms with Gasteiger partial charge in [-0.3, -0.25) is 0 Å². The number of halogens is 3. The van der Waals surface area contributed by atoms with Crippen LogP contribution in [0.25, 0.3) is 0 Å². The lowest BCUT2D eigenvalue weighted by Crippen LogP contribution is -2.46. The second kappa shape index (κ2) is 7.33. The molecule has 0 bridgehead atoms. The minimum absolute atomic E-state index is 0.157. The summed E-state index contributed by atoms with van der Waals surface area (Å²) in [7, 11) is 0. The molecule has 1 aliphatic rings. The van der Waals surface area contributed by atoms with Crippen molar-refractivity contribution in [3.05, 3.63) is 57.9 Å². The molecule has 0 spiro atoms. The third-order valence-corrected chi connectivity index (χ3v) is 5.35. The fourth-order valence-corrected chi connectivity index (χ4v) is 4.33. The summed E-state index contributed by atoms with van der Waals surface area (Å²) in [6, 6.07) is 4.57. The van der Waals surface area contributed by atoms with Gasteiger partial charge in [0.05, 0.1) is 22.1 Å². The number of rotatable bonds is 5. The highest BCUT2D eigenvalue weighted by molar-refractivity contribution is 6.00. The van der Waals surface area contributed by atoms with Crippen molar-refractivity contribution >= 4 is 11.9 Å². The first kappa shape index (κ1) is 21.5. The van der Waals surface area contributed by atoms with Gasteiger partial charge in [-0.25, -0.2) is 9.59 Å². The van der Waals surface area contributed by atoms with E-state index in [0.717, 1.165) is 6.07 Å². The van der Waals surface area contributed by atoms with Gasteiger partial charge in [-0.05, 0) is 38.8 Å². The third-order valence-electron chi connectivity index (χ3n) is 5.35. The van der Waals surface area contributed by atoms with Crippen LogP contribution in [0.1, 0.15) is 45.2 Å². The number of hydrogen-bond acceptors (Lipinski definition) is 3. The Hall–Kier alpha value is -2.77. The molecule has 0 amide bonds. The van der Waals surface area contributed by atoms with E-state index >= 15 is 0 Å². The van der Waals surface area contributed by atoms with Crippen molar-refractivity contribution < 1.29 is 33.0 Å². The molecule has 1 aromatic rings. The predicted octanol–water partition coefficient (Wildman–Crippen LogP) is 4.41. The zero-order valence-electron chi connectivity index (χ0n) is 16.0. The molecule has 0 aliphatic carbocycles. The SMILES string of the molecule is CCN1C(C)=C(C(=O)O)C(CC)(c2ccccc2C(F)(F)F)C(C(=O)O)=C1C. The van der Waals surface area contributed by atoms with Gasteiger partial charge in [0.1, 0.15) is 0 Å². The number of hydrogen-bond donors (Lipinski definition) is 2. The molecule has 1 heterocycles. The van der Waals surface area contributed by atoms with E-state index in [2.05, 4.69) is 0 Å². The number of carboxylic acids is 2. The maximum absolute atomic E-state index is 13.8. The first-order valence-corrected chi connectivity index (χ1v) is 8.78. The van der Waals surface area contributed by atoms with Crippen LogP contribution in [0.4, 0.5) is 13.2 Å². The van der Waals surface area contributed by atoms with E-state index in [1.165, 1.54) is 43.9 Å². The van der Waals surface area contributed by atoms with E-state index in [0.29, 0.717) is 0 Å². The quantitative estimate of drug-likeness (QED) is 0.770. The molecule has 1 aromatic carbocycles. The van der Waals surface area contributed by atoms with E-state index < -0.39 is 29.1 Å². The van der Waals surface area contributed by atoms with Crippen molar-refractivity contribution in [2.75, 3.05) is 6.54 Å². The molecule has 2 rings (SSSR count). The second-order valence-electron chi connectivity index (χ2n) is 6.58. The van der Waals surface area contributed by atoms with Gasteiger partial charge in [0, 0.05) is 17.9 Å². The summed E-state index contributed by atoms with van der Waals surface area (Å²) in [6.07, 6.45) is -4.93. The number of carbonyl (C=O) groups is 2. The van der Waals surface area contributed by atoms with Gasteiger partial charge in [-0.2, -0.15) is 13.2 Å². The second-order valence-corrected chi connectivity index (χ2v) is 6.58. The fraction of sp³-hybridized carbons (Fsp3) is 0.400. The number of carboxylic acid groups (broad SMARTS) is 2. The zero-order valence-corrected chi connectivity index (χ0v) is 16.0. The van der Waals surface area contributed by atoms with E-state index in [-0.39, 0.29) is 41.1 Å². The van der Waals surface area contributed by atoms with Crippen molar-refractivity contribution in [3.8, 4) is 0 Å². The number of benzene rings is 1. The van der Waals surface area contributed by atoms with Gasteiger partial charge < -0.3 is 15.1 Å². The molecule has 152 valence electrons. The predicted molar refractivity (Wildman–Crippen MR) is 96.5 cm³/mol. The summed E-state index contributed by atoms with van der Waals surface area (Å²) >= 11 is 0. The number of alkyl halides is 3. The standard InChI is InChI=1S/C20H22F3NO4/c1-5-19(13-9-7-8-10-14(13)20(21,22)23)15(17(25)26)11(3)24(6-2)12(4)16(19)18(27)28/h7-10H,5-6H2,1-4H3,(H,25,26)(H,27,28). The molecular weight excluding hydrogens is 375 g/mol. The first-order valence-electron chi connectivity index (χ1n) is 8.78. The van der Waals surface area contributed by atoms with Crippen LogP contribution >= 0.6 is 0 Å². The van der Waals surface area contributed by atoms with Crippen LogP contribution in [-0.4, -0.2) is 33.6 Å². The van der Waals surface area contributed by atoms with Crippen molar-refractivity contribution in [2.24, 2.45) is 0 Å². The Bertz CT molecular complexity index is 846. The van der Waals surface area contributed by atoms with Crippen molar-refractivity contribution in [1.29, 1.82) is 0 Å². The molecule has 0 saturated heterocycles. The van der Waals surface area contributed by atoms with Gasteiger partial charge in [-0.1, -0.05) is 25.1 Å². The van der Waals surface area contributed by atoms with E-state index in [1.54, 1.807) is 6.92 Å². The van der Waals surface area contributed by atoms with Crippen LogP contribution in [0, 0.1) is 0 Å². The van der Waals surface area contributed by atoms with Crippen molar-refractivity contribution in [2.45, 2.75) is 45.7 Å². The largest absolute Gasteiger partial charge is 0.478 e. The Morgan fingerprint density at radius 3 is 1.82 bits per heavy atom. The Morgan fingerprint density at radius 1 is 1.00 bits per heavy atom. The summed E-state index contributed by atoms with van der Waals surface area (Å²) in [5.41, 5.74) is -3.58. The van der Waals surface area contributed by atoms with Crippen LogP contribution < -0.4 is 0 Å². The minimum Gasteiger partial charge on any atom is -0.478 e. The summed E-state index contributed by atoms with van der Waals surface area (Å²) in [5, 5.41) is 19.9. The maximum atomic E-state index is 13.8. The molecule has 0 radical (unpaired) electrons. The molecule has 0 unspecified atom stereocenters. The molecule has 2 N–H and O–H groups in total.